The molecule has 0 saturated carbocycles. The van der Waals surface area contributed by atoms with Crippen LogP contribution in [0.5, 0.6) is 5.75 Å². The molecule has 0 spiro atoms. The van der Waals surface area contributed by atoms with Crippen LogP contribution in [0.15, 0.2) is 54.7 Å². The maximum absolute atomic E-state index is 11.8. The SMILES string of the molecule is NC(=O)c1cccc2[nH]c3c(Cc4ccccn4)ccc(O)c3c12. The minimum atomic E-state index is -0.518. The number of aromatic hydroxyl groups is 1. The van der Waals surface area contributed by atoms with Gasteiger partial charge in [-0.15, -0.1) is 0 Å². The topological polar surface area (TPSA) is 92.0 Å². The first-order chi connectivity index (χ1) is 11.6. The molecule has 0 radical (unpaired) electrons. The zero-order valence-corrected chi connectivity index (χ0v) is 12.8. The van der Waals surface area contributed by atoms with E-state index in [9.17, 15) is 9.90 Å². The average molecular weight is 317 g/mol. The standard InChI is InChI=1S/C19H15N3O2/c20-19(24)13-5-3-6-14-16(13)17-15(23)8-7-11(18(17)22-14)10-12-4-1-2-9-21-12/h1-9,22-23H,10H2,(H2,20,24). The van der Waals surface area contributed by atoms with Crippen LogP contribution in [0.25, 0.3) is 21.8 Å². The van der Waals surface area contributed by atoms with Gasteiger partial charge in [0.05, 0.1) is 10.9 Å². The molecule has 0 aliphatic rings. The summed E-state index contributed by atoms with van der Waals surface area (Å²) in [5.74, 6) is -0.397. The van der Waals surface area contributed by atoms with Gasteiger partial charge in [0.2, 0.25) is 5.91 Å². The number of hydrogen-bond acceptors (Lipinski definition) is 3. The number of carbonyl (C=O) groups excluding carboxylic acids is 1. The van der Waals surface area contributed by atoms with Gasteiger partial charge >= 0.3 is 0 Å². The third-order valence-electron chi connectivity index (χ3n) is 4.21. The number of aromatic amines is 1. The molecule has 4 aromatic rings. The second-order valence-corrected chi connectivity index (χ2v) is 5.71. The van der Waals surface area contributed by atoms with E-state index in [1.807, 2.05) is 30.3 Å². The third-order valence-corrected chi connectivity index (χ3v) is 4.21. The van der Waals surface area contributed by atoms with Crippen molar-refractivity contribution in [3.63, 3.8) is 0 Å². The lowest BCUT2D eigenvalue weighted by Gasteiger charge is -2.05. The summed E-state index contributed by atoms with van der Waals surface area (Å²) in [4.78, 5) is 19.4. The van der Waals surface area contributed by atoms with Crippen molar-refractivity contribution in [2.24, 2.45) is 5.73 Å². The van der Waals surface area contributed by atoms with Crippen LogP contribution in [0.2, 0.25) is 0 Å². The average Bonchev–Trinajstić information content (AvgIpc) is 2.99. The number of aromatic nitrogens is 2. The van der Waals surface area contributed by atoms with Gasteiger partial charge in [0.25, 0.3) is 0 Å². The molecule has 0 saturated heterocycles. The van der Waals surface area contributed by atoms with Crippen LogP contribution in [-0.2, 0) is 6.42 Å². The number of phenols is 1. The summed E-state index contributed by atoms with van der Waals surface area (Å²) in [5, 5.41) is 11.6. The summed E-state index contributed by atoms with van der Waals surface area (Å²) in [6, 6.07) is 14.6. The fourth-order valence-corrected chi connectivity index (χ4v) is 3.14. The van der Waals surface area contributed by atoms with Gasteiger partial charge < -0.3 is 15.8 Å². The minimum absolute atomic E-state index is 0.120. The quantitative estimate of drug-likeness (QED) is 0.542. The molecule has 2 aromatic heterocycles. The number of nitrogens with one attached hydrogen (secondary N) is 1. The normalized spacial score (nSPS) is 11.2. The van der Waals surface area contributed by atoms with E-state index in [4.69, 9.17) is 5.73 Å². The van der Waals surface area contributed by atoms with Gasteiger partial charge in [0.15, 0.2) is 0 Å². The highest BCUT2D eigenvalue weighted by molar-refractivity contribution is 6.19. The number of primary amides is 1. The highest BCUT2D eigenvalue weighted by Crippen LogP contribution is 2.36. The van der Waals surface area contributed by atoms with E-state index in [2.05, 4.69) is 9.97 Å². The zero-order chi connectivity index (χ0) is 16.7. The molecule has 0 aliphatic heterocycles. The number of hydrogen-bond donors (Lipinski definition) is 3. The van der Waals surface area contributed by atoms with Crippen molar-refractivity contribution >= 4 is 27.7 Å². The summed E-state index contributed by atoms with van der Waals surface area (Å²) in [5.41, 5.74) is 9.38. The van der Waals surface area contributed by atoms with Crippen LogP contribution in [0.3, 0.4) is 0 Å². The number of nitrogens with zero attached hydrogens (tertiary/aromatic N) is 1. The van der Waals surface area contributed by atoms with Gasteiger partial charge in [-0.3, -0.25) is 9.78 Å². The summed E-state index contributed by atoms with van der Waals surface area (Å²) in [7, 11) is 0. The molecule has 2 heterocycles. The van der Waals surface area contributed by atoms with E-state index in [1.54, 1.807) is 24.4 Å². The van der Waals surface area contributed by atoms with Crippen molar-refractivity contribution in [1.29, 1.82) is 0 Å². The Bertz CT molecular complexity index is 1070. The maximum atomic E-state index is 11.8. The molecule has 5 heteroatoms. The Labute approximate surface area is 137 Å². The van der Waals surface area contributed by atoms with Crippen LogP contribution in [-0.4, -0.2) is 21.0 Å². The zero-order valence-electron chi connectivity index (χ0n) is 12.8. The van der Waals surface area contributed by atoms with Crippen molar-refractivity contribution in [3.8, 4) is 5.75 Å². The summed E-state index contributed by atoms with van der Waals surface area (Å²) < 4.78 is 0. The number of H-pyrrole nitrogens is 1. The molecule has 0 bridgehead atoms. The Kier molecular flexibility index (Phi) is 3.20. The van der Waals surface area contributed by atoms with Gasteiger partial charge in [0.1, 0.15) is 5.75 Å². The molecular weight excluding hydrogens is 302 g/mol. The molecule has 4 rings (SSSR count). The Morgan fingerprint density at radius 2 is 1.96 bits per heavy atom. The maximum Gasteiger partial charge on any atom is 0.249 e. The molecule has 0 aliphatic carbocycles. The summed E-state index contributed by atoms with van der Waals surface area (Å²) in [6.45, 7) is 0. The van der Waals surface area contributed by atoms with Crippen LogP contribution >= 0.6 is 0 Å². The Morgan fingerprint density at radius 3 is 2.71 bits per heavy atom. The fourth-order valence-electron chi connectivity index (χ4n) is 3.14. The predicted octanol–water partition coefficient (Wildman–Crippen LogP) is 3.11. The van der Waals surface area contributed by atoms with Gasteiger partial charge in [-0.2, -0.15) is 0 Å². The molecular formula is C19H15N3O2. The Morgan fingerprint density at radius 1 is 1.08 bits per heavy atom. The minimum Gasteiger partial charge on any atom is -0.507 e. The van der Waals surface area contributed by atoms with E-state index in [0.717, 1.165) is 22.3 Å². The second-order valence-electron chi connectivity index (χ2n) is 5.71. The van der Waals surface area contributed by atoms with E-state index in [-0.39, 0.29) is 5.75 Å². The van der Waals surface area contributed by atoms with Crippen LogP contribution < -0.4 is 5.73 Å². The molecule has 5 nitrogen and oxygen atoms in total. The molecule has 2 aromatic carbocycles. The van der Waals surface area contributed by atoms with E-state index in [0.29, 0.717) is 22.8 Å². The molecule has 0 atom stereocenters. The van der Waals surface area contributed by atoms with Gasteiger partial charge in [0, 0.05) is 34.8 Å². The number of fused-ring (bicyclic) bond motifs is 3. The number of phenolic OH excluding ortho intramolecular Hbond substituents is 1. The first-order valence-electron chi connectivity index (χ1n) is 7.60. The fraction of sp³-hybridized carbons (Fsp3) is 0.0526. The van der Waals surface area contributed by atoms with Crippen molar-refractivity contribution in [2.45, 2.75) is 6.42 Å². The van der Waals surface area contributed by atoms with Crippen LogP contribution in [0.1, 0.15) is 21.6 Å². The molecule has 1 amide bonds. The monoisotopic (exact) mass is 317 g/mol. The summed E-state index contributed by atoms with van der Waals surface area (Å²) in [6.07, 6.45) is 2.37. The van der Waals surface area contributed by atoms with E-state index in [1.165, 1.54) is 0 Å². The van der Waals surface area contributed by atoms with Crippen molar-refractivity contribution in [1.82, 2.24) is 9.97 Å². The number of rotatable bonds is 3. The molecule has 0 fully saturated rings. The van der Waals surface area contributed by atoms with Crippen LogP contribution in [0.4, 0.5) is 0 Å². The van der Waals surface area contributed by atoms with Crippen molar-refractivity contribution < 1.29 is 9.90 Å². The summed E-state index contributed by atoms with van der Waals surface area (Å²) >= 11 is 0. The highest BCUT2D eigenvalue weighted by atomic mass is 16.3. The van der Waals surface area contributed by atoms with Crippen molar-refractivity contribution in [3.05, 3.63) is 71.5 Å². The lowest BCUT2D eigenvalue weighted by atomic mass is 10.0. The number of carbonyl (C=O) groups is 1. The van der Waals surface area contributed by atoms with Gasteiger partial charge in [-0.25, -0.2) is 0 Å². The molecule has 0 unspecified atom stereocenters. The molecule has 24 heavy (non-hydrogen) atoms. The first-order valence-corrected chi connectivity index (χ1v) is 7.60. The Balaban J connectivity index is 2.01. The molecule has 118 valence electrons. The smallest absolute Gasteiger partial charge is 0.249 e. The third kappa shape index (κ3) is 2.18. The lowest BCUT2D eigenvalue weighted by Crippen LogP contribution is -2.10. The first kappa shape index (κ1) is 14.3. The van der Waals surface area contributed by atoms with E-state index >= 15 is 0 Å². The number of benzene rings is 2. The number of nitrogens with two attached hydrogens (primary N) is 1. The predicted molar refractivity (Wildman–Crippen MR) is 93.0 cm³/mol. The Hall–Kier alpha value is -3.34. The lowest BCUT2D eigenvalue weighted by molar-refractivity contribution is 0.100. The van der Waals surface area contributed by atoms with Gasteiger partial charge in [-0.05, 0) is 35.9 Å². The van der Waals surface area contributed by atoms with Crippen LogP contribution in [0, 0.1) is 0 Å². The second kappa shape index (κ2) is 5.38. The molecule has 4 N–H and O–H groups in total. The number of pyridine rings is 1. The van der Waals surface area contributed by atoms with Crippen molar-refractivity contribution in [2.75, 3.05) is 0 Å². The highest BCUT2D eigenvalue weighted by Gasteiger charge is 2.17. The number of amides is 1. The van der Waals surface area contributed by atoms with E-state index < -0.39 is 5.91 Å². The van der Waals surface area contributed by atoms with Gasteiger partial charge in [-0.1, -0.05) is 18.2 Å². The largest absolute Gasteiger partial charge is 0.507 e.